The minimum atomic E-state index is -4.31. The number of alkyl halides is 3. The second-order valence-electron chi connectivity index (χ2n) is 4.47. The first-order valence-corrected chi connectivity index (χ1v) is 6.22. The van der Waals surface area contributed by atoms with Gasteiger partial charge in [0, 0.05) is 24.3 Å². The van der Waals surface area contributed by atoms with E-state index in [1.165, 1.54) is 0 Å². The molecule has 1 aliphatic heterocycles. The lowest BCUT2D eigenvalue weighted by molar-refractivity contribution is -0.177. The smallest absolute Gasteiger partial charge is 0.364 e. The molecule has 4 nitrogen and oxygen atoms in total. The number of halogens is 3. The summed E-state index contributed by atoms with van der Waals surface area (Å²) < 4.78 is 40.6. The van der Waals surface area contributed by atoms with E-state index in [1.807, 2.05) is 6.92 Å². The Morgan fingerprint density at radius 3 is 2.74 bits per heavy atom. The molecular formula is C12H16F3N3O. The quantitative estimate of drug-likeness (QED) is 0.894. The summed E-state index contributed by atoms with van der Waals surface area (Å²) in [4.78, 5) is 8.56. The Morgan fingerprint density at radius 1 is 1.26 bits per heavy atom. The zero-order valence-corrected chi connectivity index (χ0v) is 10.7. The number of nitrogens with zero attached hydrogens (tertiary/aromatic N) is 2. The van der Waals surface area contributed by atoms with Crippen molar-refractivity contribution in [3.05, 3.63) is 22.8 Å². The van der Waals surface area contributed by atoms with Gasteiger partial charge in [-0.1, -0.05) is 13.3 Å². The van der Waals surface area contributed by atoms with E-state index >= 15 is 0 Å². The van der Waals surface area contributed by atoms with Crippen molar-refractivity contribution in [1.82, 2.24) is 15.3 Å². The zero-order chi connectivity index (χ0) is 13.9. The van der Waals surface area contributed by atoms with Gasteiger partial charge in [-0.25, -0.2) is 9.97 Å². The minimum absolute atomic E-state index is 0.205. The van der Waals surface area contributed by atoms with Gasteiger partial charge in [-0.3, -0.25) is 0 Å². The lowest BCUT2D eigenvalue weighted by Crippen LogP contribution is -2.18. The monoisotopic (exact) mass is 275 g/mol. The van der Waals surface area contributed by atoms with E-state index in [-0.39, 0.29) is 6.61 Å². The molecule has 0 atom stereocenters. The fraction of sp³-hybridized carbons (Fsp3) is 0.667. The first-order chi connectivity index (χ1) is 8.99. The molecule has 2 rings (SSSR count). The molecule has 0 amide bonds. The highest BCUT2D eigenvalue weighted by Gasteiger charge is 2.27. The predicted octanol–water partition coefficient (Wildman–Crippen LogP) is 2.11. The molecule has 0 unspecified atom stereocenters. The van der Waals surface area contributed by atoms with Crippen molar-refractivity contribution in [1.29, 1.82) is 0 Å². The number of fused-ring (bicyclic) bond motifs is 1. The van der Waals surface area contributed by atoms with Gasteiger partial charge in [-0.15, -0.1) is 0 Å². The van der Waals surface area contributed by atoms with Crippen LogP contribution >= 0.6 is 0 Å². The van der Waals surface area contributed by atoms with Crippen LogP contribution in [-0.4, -0.2) is 22.8 Å². The van der Waals surface area contributed by atoms with Gasteiger partial charge in [0.15, 0.2) is 5.82 Å². The first-order valence-electron chi connectivity index (χ1n) is 6.22. The third-order valence-corrected chi connectivity index (χ3v) is 2.80. The summed E-state index contributed by atoms with van der Waals surface area (Å²) in [7, 11) is 0. The molecule has 1 aromatic rings. The number of aromatic nitrogens is 2. The molecule has 0 aliphatic carbocycles. The van der Waals surface area contributed by atoms with E-state index in [2.05, 4.69) is 20.0 Å². The van der Waals surface area contributed by atoms with Gasteiger partial charge in [0.25, 0.3) is 0 Å². The average molecular weight is 275 g/mol. The minimum Gasteiger partial charge on any atom is -0.364 e. The fourth-order valence-corrected chi connectivity index (χ4v) is 2.06. The van der Waals surface area contributed by atoms with Crippen LogP contribution in [0.25, 0.3) is 0 Å². The summed E-state index contributed by atoms with van der Waals surface area (Å²) in [6.45, 7) is 1.93. The Balaban J connectivity index is 2.07. The summed E-state index contributed by atoms with van der Waals surface area (Å²) in [5, 5.41) is 3.17. The Labute approximate surface area is 109 Å². The molecule has 0 saturated carbocycles. The molecule has 0 bridgehead atoms. The molecule has 0 spiro atoms. The van der Waals surface area contributed by atoms with Crippen molar-refractivity contribution in [2.24, 2.45) is 0 Å². The summed E-state index contributed by atoms with van der Waals surface area (Å²) in [5.74, 6) is 0.329. The molecule has 106 valence electrons. The van der Waals surface area contributed by atoms with Gasteiger partial charge in [-0.2, -0.15) is 13.2 Å². The Hall–Kier alpha value is -1.21. The third-order valence-electron chi connectivity index (χ3n) is 2.80. The number of rotatable bonds is 5. The number of aryl methyl sites for hydroxylation is 1. The maximum Gasteiger partial charge on any atom is 0.411 e. The molecule has 0 aromatic carbocycles. The van der Waals surface area contributed by atoms with Crippen LogP contribution in [0.1, 0.15) is 36.1 Å². The van der Waals surface area contributed by atoms with Gasteiger partial charge in [0.2, 0.25) is 0 Å². The number of hydrogen-bond donors (Lipinski definition) is 1. The highest BCUT2D eigenvalue weighted by molar-refractivity contribution is 5.29. The molecule has 0 fully saturated rings. The first kappa shape index (κ1) is 14.2. The van der Waals surface area contributed by atoms with Crippen molar-refractivity contribution < 1.29 is 17.9 Å². The van der Waals surface area contributed by atoms with Crippen LogP contribution in [-0.2, 0) is 30.9 Å². The van der Waals surface area contributed by atoms with Crippen LogP contribution in [0.4, 0.5) is 13.2 Å². The number of ether oxygens (including phenoxy) is 1. The Morgan fingerprint density at radius 2 is 2.05 bits per heavy atom. The SMILES string of the molecule is CCCc1nc(COCC(F)(F)F)nc2c1CNC2. The van der Waals surface area contributed by atoms with E-state index < -0.39 is 12.8 Å². The van der Waals surface area contributed by atoms with E-state index in [0.717, 1.165) is 36.3 Å². The highest BCUT2D eigenvalue weighted by atomic mass is 19.4. The molecule has 1 N–H and O–H groups in total. The fourth-order valence-electron chi connectivity index (χ4n) is 2.06. The van der Waals surface area contributed by atoms with Crippen LogP contribution < -0.4 is 5.32 Å². The largest absolute Gasteiger partial charge is 0.411 e. The highest BCUT2D eigenvalue weighted by Crippen LogP contribution is 2.19. The summed E-state index contributed by atoms with van der Waals surface area (Å²) >= 11 is 0. The van der Waals surface area contributed by atoms with Crippen molar-refractivity contribution >= 4 is 0 Å². The van der Waals surface area contributed by atoms with Crippen molar-refractivity contribution in [3.8, 4) is 0 Å². The normalized spacial score (nSPS) is 14.7. The van der Waals surface area contributed by atoms with Gasteiger partial charge in [-0.05, 0) is 6.42 Å². The Kier molecular flexibility index (Phi) is 4.36. The van der Waals surface area contributed by atoms with Crippen molar-refractivity contribution in [2.45, 2.75) is 45.6 Å². The average Bonchev–Trinajstić information content (AvgIpc) is 2.76. The van der Waals surface area contributed by atoms with E-state index in [1.54, 1.807) is 0 Å². The summed E-state index contributed by atoms with van der Waals surface area (Å²) in [6.07, 6.45) is -2.57. The van der Waals surface area contributed by atoms with Gasteiger partial charge in [0.05, 0.1) is 5.69 Å². The molecule has 7 heteroatoms. The third kappa shape index (κ3) is 3.87. The second kappa shape index (κ2) is 5.83. The maximum absolute atomic E-state index is 12.0. The Bertz CT molecular complexity index is 449. The summed E-state index contributed by atoms with van der Waals surface area (Å²) in [5.41, 5.74) is 2.88. The van der Waals surface area contributed by atoms with E-state index in [0.29, 0.717) is 12.4 Å². The molecule has 1 aromatic heterocycles. The van der Waals surface area contributed by atoms with Crippen LogP contribution in [0, 0.1) is 0 Å². The molecule has 0 saturated heterocycles. The van der Waals surface area contributed by atoms with Gasteiger partial charge < -0.3 is 10.1 Å². The van der Waals surface area contributed by atoms with Crippen molar-refractivity contribution in [2.75, 3.05) is 6.61 Å². The van der Waals surface area contributed by atoms with Crippen LogP contribution in [0.5, 0.6) is 0 Å². The van der Waals surface area contributed by atoms with Crippen LogP contribution in [0.15, 0.2) is 0 Å². The second-order valence-corrected chi connectivity index (χ2v) is 4.47. The summed E-state index contributed by atoms with van der Waals surface area (Å²) in [6, 6.07) is 0. The topological polar surface area (TPSA) is 47.0 Å². The molecule has 2 heterocycles. The lowest BCUT2D eigenvalue weighted by Gasteiger charge is -2.10. The van der Waals surface area contributed by atoms with E-state index in [9.17, 15) is 13.2 Å². The maximum atomic E-state index is 12.0. The zero-order valence-electron chi connectivity index (χ0n) is 10.7. The predicted molar refractivity (Wildman–Crippen MR) is 62.3 cm³/mol. The molecule has 1 aliphatic rings. The van der Waals surface area contributed by atoms with Crippen LogP contribution in [0.3, 0.4) is 0 Å². The van der Waals surface area contributed by atoms with Gasteiger partial charge >= 0.3 is 6.18 Å². The number of nitrogens with one attached hydrogen (secondary N) is 1. The molecule has 0 radical (unpaired) electrons. The van der Waals surface area contributed by atoms with Crippen molar-refractivity contribution in [3.63, 3.8) is 0 Å². The van der Waals surface area contributed by atoms with Crippen LogP contribution in [0.2, 0.25) is 0 Å². The standard InChI is InChI=1S/C12H16F3N3O/c1-2-3-9-8-4-16-5-10(8)18-11(17-9)6-19-7-12(13,14)15/h16H,2-7H2,1H3. The molecular weight excluding hydrogens is 259 g/mol. The lowest BCUT2D eigenvalue weighted by atomic mass is 10.1. The van der Waals surface area contributed by atoms with Gasteiger partial charge in [0.1, 0.15) is 13.2 Å². The van der Waals surface area contributed by atoms with E-state index in [4.69, 9.17) is 0 Å². The molecule has 19 heavy (non-hydrogen) atoms. The number of hydrogen-bond acceptors (Lipinski definition) is 4.